The van der Waals surface area contributed by atoms with Crippen LogP contribution < -0.4 is 14.4 Å². The summed E-state index contributed by atoms with van der Waals surface area (Å²) in [7, 11) is 1.55. The average molecular weight is 481 g/mol. The largest absolute Gasteiger partial charge is 0.507 e. The number of benzene rings is 3. The van der Waals surface area contributed by atoms with E-state index < -0.39 is 17.7 Å². The summed E-state index contributed by atoms with van der Waals surface area (Å²) in [5, 5.41) is 12.4. The molecule has 0 bridgehead atoms. The molecule has 2 aliphatic rings. The van der Waals surface area contributed by atoms with Crippen molar-refractivity contribution in [2.75, 3.05) is 18.6 Å². The van der Waals surface area contributed by atoms with Crippen LogP contribution in [0.2, 0.25) is 0 Å². The number of aromatic nitrogens is 1. The molecule has 1 unspecified atom stereocenters. The maximum Gasteiger partial charge on any atom is 0.300 e. The number of hydrogen-bond acceptors (Lipinski definition) is 5. The summed E-state index contributed by atoms with van der Waals surface area (Å²) in [5.41, 5.74) is 4.45. The Bertz CT molecular complexity index is 1580. The molecule has 0 spiro atoms. The number of ether oxygens (including phenoxy) is 2. The van der Waals surface area contributed by atoms with E-state index in [1.807, 2.05) is 37.3 Å². The first-order valence-corrected chi connectivity index (χ1v) is 11.8. The van der Waals surface area contributed by atoms with E-state index in [1.54, 1.807) is 43.5 Å². The zero-order chi connectivity index (χ0) is 25.0. The number of carbonyl (C=O) groups excluding carboxylic acids is 2. The number of para-hydroxylation sites is 1. The van der Waals surface area contributed by atoms with Gasteiger partial charge in [-0.05, 0) is 48.9 Å². The molecule has 0 aliphatic carbocycles. The fraction of sp³-hybridized carbons (Fsp3) is 0.172. The zero-order valence-electron chi connectivity index (χ0n) is 19.9. The lowest BCUT2D eigenvalue weighted by Crippen LogP contribution is -2.29. The number of nitrogens with zero attached hydrogens (tertiary/aromatic N) is 1. The van der Waals surface area contributed by atoms with E-state index in [2.05, 4.69) is 4.98 Å². The van der Waals surface area contributed by atoms with E-state index in [0.29, 0.717) is 23.6 Å². The molecule has 7 nitrogen and oxygen atoms in total. The highest BCUT2D eigenvalue weighted by Crippen LogP contribution is 2.46. The van der Waals surface area contributed by atoms with Crippen LogP contribution in [-0.2, 0) is 16.0 Å². The summed E-state index contributed by atoms with van der Waals surface area (Å²) in [6.07, 6.45) is 0.722. The van der Waals surface area contributed by atoms with Gasteiger partial charge in [-0.1, -0.05) is 24.3 Å². The number of amides is 1. The topological polar surface area (TPSA) is 91.9 Å². The van der Waals surface area contributed by atoms with Gasteiger partial charge in [0, 0.05) is 45.9 Å². The molecule has 0 saturated carbocycles. The van der Waals surface area contributed by atoms with Crippen LogP contribution in [0.15, 0.2) is 72.3 Å². The highest BCUT2D eigenvalue weighted by molar-refractivity contribution is 6.52. The van der Waals surface area contributed by atoms with Gasteiger partial charge in [-0.15, -0.1) is 0 Å². The molecule has 3 heterocycles. The van der Waals surface area contributed by atoms with E-state index in [0.717, 1.165) is 39.9 Å². The van der Waals surface area contributed by atoms with Crippen LogP contribution in [0.3, 0.4) is 0 Å². The minimum absolute atomic E-state index is 0.0505. The standard InChI is InChI=1S/C29H24N2O5/c1-16-24(21-8-3-4-9-22(21)30-16)26-25(27(32)18-10-11-23-17(14-18)12-13-36-23)28(33)29(34)31(26)19-6-5-7-20(15-19)35-2/h3-11,14-15,26,30,32H,12-13H2,1-2H3/b27-25+. The second-order valence-electron chi connectivity index (χ2n) is 9.00. The molecule has 1 atom stereocenters. The maximum absolute atomic E-state index is 13.6. The van der Waals surface area contributed by atoms with Crippen LogP contribution in [0.1, 0.15) is 28.4 Å². The second-order valence-corrected chi connectivity index (χ2v) is 9.00. The Morgan fingerprint density at radius 2 is 1.92 bits per heavy atom. The van der Waals surface area contributed by atoms with Crippen LogP contribution in [0.5, 0.6) is 11.5 Å². The van der Waals surface area contributed by atoms with Crippen LogP contribution in [-0.4, -0.2) is 35.5 Å². The van der Waals surface area contributed by atoms with Gasteiger partial charge in [-0.2, -0.15) is 0 Å². The number of aliphatic hydroxyl groups excluding tert-OH is 1. The van der Waals surface area contributed by atoms with Gasteiger partial charge in [0.2, 0.25) is 0 Å². The summed E-state index contributed by atoms with van der Waals surface area (Å²) in [6, 6.07) is 19.3. The molecule has 1 saturated heterocycles. The summed E-state index contributed by atoms with van der Waals surface area (Å²) >= 11 is 0. The number of anilines is 1. The molecule has 1 fully saturated rings. The number of hydrogen-bond donors (Lipinski definition) is 2. The lowest BCUT2D eigenvalue weighted by Gasteiger charge is -2.26. The van der Waals surface area contributed by atoms with E-state index in [1.165, 1.54) is 4.90 Å². The number of Topliss-reactive ketones (excluding diaryl/α,β-unsaturated/α-hetero) is 1. The van der Waals surface area contributed by atoms with Crippen molar-refractivity contribution in [1.29, 1.82) is 0 Å². The Labute approximate surface area is 207 Å². The molecule has 36 heavy (non-hydrogen) atoms. The number of rotatable bonds is 4. The number of aliphatic hydroxyl groups is 1. The predicted molar refractivity (Wildman–Crippen MR) is 136 cm³/mol. The molecule has 180 valence electrons. The van der Waals surface area contributed by atoms with Gasteiger partial charge in [-0.25, -0.2) is 0 Å². The second kappa shape index (κ2) is 8.30. The SMILES string of the molecule is COc1cccc(N2C(=O)C(=O)/C(=C(/O)c3ccc4c(c3)CCO4)C2c2c(C)[nH]c3ccccc23)c1. The quantitative estimate of drug-likeness (QED) is 0.242. The number of H-pyrrole nitrogens is 1. The Hall–Kier alpha value is -4.52. The molecular formula is C29H24N2O5. The smallest absolute Gasteiger partial charge is 0.300 e. The summed E-state index contributed by atoms with van der Waals surface area (Å²) < 4.78 is 11.0. The number of nitrogens with one attached hydrogen (secondary N) is 1. The first-order chi connectivity index (χ1) is 17.5. The summed E-state index contributed by atoms with van der Waals surface area (Å²) in [5.74, 6) is -0.316. The Kier molecular flexibility index (Phi) is 5.07. The van der Waals surface area contributed by atoms with Gasteiger partial charge in [0.1, 0.15) is 17.3 Å². The third-order valence-electron chi connectivity index (χ3n) is 6.96. The van der Waals surface area contributed by atoms with Crippen molar-refractivity contribution in [1.82, 2.24) is 4.98 Å². The molecule has 6 rings (SSSR count). The molecule has 7 heteroatoms. The Morgan fingerprint density at radius 3 is 2.75 bits per heavy atom. The van der Waals surface area contributed by atoms with Crippen molar-refractivity contribution in [2.24, 2.45) is 0 Å². The third kappa shape index (κ3) is 3.27. The minimum atomic E-state index is -0.835. The number of aromatic amines is 1. The third-order valence-corrected chi connectivity index (χ3v) is 6.96. The lowest BCUT2D eigenvalue weighted by atomic mass is 9.92. The first kappa shape index (κ1) is 22.0. The van der Waals surface area contributed by atoms with Crippen LogP contribution in [0, 0.1) is 6.92 Å². The van der Waals surface area contributed by atoms with E-state index >= 15 is 0 Å². The number of carbonyl (C=O) groups is 2. The number of methoxy groups -OCH3 is 1. The van der Waals surface area contributed by atoms with Gasteiger partial charge in [0.25, 0.3) is 11.7 Å². The molecular weight excluding hydrogens is 456 g/mol. The monoisotopic (exact) mass is 480 g/mol. The average Bonchev–Trinajstić information content (AvgIpc) is 3.57. The summed E-state index contributed by atoms with van der Waals surface area (Å²) in [6.45, 7) is 2.49. The zero-order valence-corrected chi connectivity index (χ0v) is 19.9. The van der Waals surface area contributed by atoms with Crippen LogP contribution in [0.25, 0.3) is 16.7 Å². The van der Waals surface area contributed by atoms with Gasteiger partial charge in [-0.3, -0.25) is 14.5 Å². The molecule has 0 radical (unpaired) electrons. The minimum Gasteiger partial charge on any atom is -0.507 e. The van der Waals surface area contributed by atoms with E-state index in [-0.39, 0.29) is 11.3 Å². The number of fused-ring (bicyclic) bond motifs is 2. The Morgan fingerprint density at radius 1 is 1.08 bits per heavy atom. The van der Waals surface area contributed by atoms with Crippen LogP contribution in [0.4, 0.5) is 5.69 Å². The normalized spacial score (nSPS) is 18.5. The highest BCUT2D eigenvalue weighted by atomic mass is 16.5. The molecule has 3 aromatic carbocycles. The van der Waals surface area contributed by atoms with Crippen molar-refractivity contribution < 1.29 is 24.2 Å². The van der Waals surface area contributed by atoms with Crippen molar-refractivity contribution in [3.63, 3.8) is 0 Å². The lowest BCUT2D eigenvalue weighted by molar-refractivity contribution is -0.132. The molecule has 2 aliphatic heterocycles. The molecule has 1 aromatic heterocycles. The van der Waals surface area contributed by atoms with E-state index in [9.17, 15) is 14.7 Å². The predicted octanol–water partition coefficient (Wildman–Crippen LogP) is 5.05. The molecule has 4 aromatic rings. The van der Waals surface area contributed by atoms with Crippen molar-refractivity contribution in [3.05, 3.63) is 94.7 Å². The maximum atomic E-state index is 13.6. The fourth-order valence-electron chi connectivity index (χ4n) is 5.27. The van der Waals surface area contributed by atoms with Gasteiger partial charge >= 0.3 is 0 Å². The Balaban J connectivity index is 1.62. The summed E-state index contributed by atoms with van der Waals surface area (Å²) in [4.78, 5) is 31.9. The molecule has 1 amide bonds. The highest BCUT2D eigenvalue weighted by Gasteiger charge is 2.48. The van der Waals surface area contributed by atoms with Crippen molar-refractivity contribution >= 4 is 34.0 Å². The van der Waals surface area contributed by atoms with Gasteiger partial charge < -0.3 is 19.6 Å². The van der Waals surface area contributed by atoms with Gasteiger partial charge in [0.15, 0.2) is 0 Å². The van der Waals surface area contributed by atoms with Gasteiger partial charge in [0.05, 0.1) is 25.3 Å². The van der Waals surface area contributed by atoms with Crippen molar-refractivity contribution in [2.45, 2.75) is 19.4 Å². The fourth-order valence-corrected chi connectivity index (χ4v) is 5.27. The first-order valence-electron chi connectivity index (χ1n) is 11.8. The number of aryl methyl sites for hydroxylation is 1. The number of ketones is 1. The van der Waals surface area contributed by atoms with E-state index in [4.69, 9.17) is 9.47 Å². The van der Waals surface area contributed by atoms with Crippen molar-refractivity contribution in [3.8, 4) is 11.5 Å². The van der Waals surface area contributed by atoms with Crippen LogP contribution >= 0.6 is 0 Å². The molecule has 2 N–H and O–H groups in total.